The third kappa shape index (κ3) is 5.68. The Morgan fingerprint density at radius 1 is 0.975 bits per heavy atom. The van der Waals surface area contributed by atoms with Crippen LogP contribution in [0.4, 0.5) is 32.0 Å². The van der Waals surface area contributed by atoms with Crippen molar-refractivity contribution in [3.05, 3.63) is 95.1 Å². The summed E-state index contributed by atoms with van der Waals surface area (Å²) < 4.78 is 87.7. The number of alkyl halides is 6. The van der Waals surface area contributed by atoms with Gasteiger partial charge in [-0.15, -0.1) is 0 Å². The molecule has 0 radical (unpaired) electrons. The van der Waals surface area contributed by atoms with Crippen molar-refractivity contribution in [3.63, 3.8) is 0 Å². The number of benzene rings is 3. The molecule has 1 amide bonds. The van der Waals surface area contributed by atoms with E-state index in [4.69, 9.17) is 4.74 Å². The first-order chi connectivity index (χ1) is 18.8. The minimum atomic E-state index is -6.02. The molecular weight excluding hydrogens is 536 g/mol. The van der Waals surface area contributed by atoms with Crippen molar-refractivity contribution < 1.29 is 41.0 Å². The van der Waals surface area contributed by atoms with Gasteiger partial charge in [0.1, 0.15) is 11.9 Å². The summed E-state index contributed by atoms with van der Waals surface area (Å²) in [5, 5.41) is 9.97. The fraction of sp³-hybridized carbons (Fsp3) is 0.367. The van der Waals surface area contributed by atoms with Crippen molar-refractivity contribution in [1.82, 2.24) is 0 Å². The van der Waals surface area contributed by atoms with E-state index in [0.29, 0.717) is 23.4 Å². The zero-order valence-corrected chi connectivity index (χ0v) is 21.9. The Balaban J connectivity index is 1.75. The number of hydrogen-bond acceptors (Lipinski definition) is 3. The minimum absolute atomic E-state index is 0.0240. The number of anilines is 1. The Kier molecular flexibility index (Phi) is 8.21. The van der Waals surface area contributed by atoms with Gasteiger partial charge in [0.15, 0.2) is 0 Å². The van der Waals surface area contributed by atoms with Crippen LogP contribution in [0.1, 0.15) is 48.4 Å². The van der Waals surface area contributed by atoms with Gasteiger partial charge in [-0.2, -0.15) is 26.3 Å². The van der Waals surface area contributed by atoms with Crippen LogP contribution in [-0.4, -0.2) is 36.0 Å². The van der Waals surface area contributed by atoms with Gasteiger partial charge in [-0.3, -0.25) is 4.79 Å². The van der Waals surface area contributed by atoms with Gasteiger partial charge in [-0.05, 0) is 61.1 Å². The van der Waals surface area contributed by atoms with Gasteiger partial charge in [-0.1, -0.05) is 61.5 Å². The largest absolute Gasteiger partial charge is 0.489 e. The van der Waals surface area contributed by atoms with E-state index in [0.717, 1.165) is 18.1 Å². The Bertz CT molecular complexity index is 1310. The molecule has 0 fully saturated rings. The summed E-state index contributed by atoms with van der Waals surface area (Å²) in [4.78, 5) is 15.1. The van der Waals surface area contributed by atoms with Gasteiger partial charge < -0.3 is 14.7 Å². The van der Waals surface area contributed by atoms with Crippen LogP contribution in [-0.2, 0) is 23.2 Å². The molecule has 0 aromatic heterocycles. The highest BCUT2D eigenvalue weighted by Gasteiger charge is 2.71. The highest BCUT2D eigenvalue weighted by molar-refractivity contribution is 5.98. The standard InChI is InChI=1S/C30H29F6NO3/c1-3-20-9-13-24(14-10-20)40-25-15-11-22-17-23(28(39,29(31,32)33)30(34,35)36)12-16-26(22)37(18-25)27(38)19(2)21-7-5-4-6-8-21/h4-10,12-14,16-17,19,25,39H,3,11,15,18H2,1-2H3/t19-,25-/m0/s1. The number of hydrogen-bond donors (Lipinski definition) is 1. The van der Waals surface area contributed by atoms with E-state index in [1.54, 1.807) is 49.4 Å². The Morgan fingerprint density at radius 2 is 1.60 bits per heavy atom. The molecule has 0 bridgehead atoms. The maximum absolute atomic E-state index is 13.8. The summed E-state index contributed by atoms with van der Waals surface area (Å²) in [5.74, 6) is -0.515. The van der Waals surface area contributed by atoms with E-state index in [1.807, 2.05) is 19.1 Å². The summed E-state index contributed by atoms with van der Waals surface area (Å²) >= 11 is 0. The number of aryl methyl sites for hydroxylation is 2. The van der Waals surface area contributed by atoms with E-state index in [1.165, 1.54) is 4.90 Å². The smallest absolute Gasteiger partial charge is 0.430 e. The quantitative estimate of drug-likeness (QED) is 0.325. The molecule has 4 nitrogen and oxygen atoms in total. The molecule has 1 aliphatic rings. The highest BCUT2D eigenvalue weighted by atomic mass is 19.4. The first kappa shape index (κ1) is 29.5. The van der Waals surface area contributed by atoms with Crippen LogP contribution >= 0.6 is 0 Å². The molecule has 2 atom stereocenters. The van der Waals surface area contributed by atoms with Crippen molar-refractivity contribution >= 4 is 11.6 Å². The molecule has 0 spiro atoms. The fourth-order valence-electron chi connectivity index (χ4n) is 4.89. The van der Waals surface area contributed by atoms with Crippen LogP contribution in [0.5, 0.6) is 5.75 Å². The number of nitrogens with zero attached hydrogens (tertiary/aromatic N) is 1. The molecule has 1 N–H and O–H groups in total. The fourth-order valence-corrected chi connectivity index (χ4v) is 4.89. The summed E-state index contributed by atoms with van der Waals surface area (Å²) in [6.07, 6.45) is -11.6. The second kappa shape index (κ2) is 11.2. The van der Waals surface area contributed by atoms with Crippen molar-refractivity contribution in [3.8, 4) is 5.75 Å². The first-order valence-corrected chi connectivity index (χ1v) is 12.9. The first-order valence-electron chi connectivity index (χ1n) is 12.9. The molecule has 4 rings (SSSR count). The second-order valence-electron chi connectivity index (χ2n) is 9.91. The van der Waals surface area contributed by atoms with E-state index < -0.39 is 35.5 Å². The Labute approximate surface area is 228 Å². The van der Waals surface area contributed by atoms with Gasteiger partial charge in [0.2, 0.25) is 5.91 Å². The van der Waals surface area contributed by atoms with Crippen LogP contribution < -0.4 is 9.64 Å². The average molecular weight is 566 g/mol. The van der Waals surface area contributed by atoms with Crippen LogP contribution in [0.2, 0.25) is 0 Å². The van der Waals surface area contributed by atoms with Crippen LogP contribution in [0, 0.1) is 0 Å². The highest BCUT2D eigenvalue weighted by Crippen LogP contribution is 2.51. The summed E-state index contributed by atoms with van der Waals surface area (Å²) in [7, 11) is 0. The lowest BCUT2D eigenvalue weighted by molar-refractivity contribution is -0.376. The molecule has 3 aromatic carbocycles. The molecule has 3 aromatic rings. The van der Waals surface area contributed by atoms with Gasteiger partial charge >= 0.3 is 12.4 Å². The number of rotatable bonds is 6. The number of fused-ring (bicyclic) bond motifs is 1. The van der Waals surface area contributed by atoms with Crippen LogP contribution in [0.25, 0.3) is 0 Å². The van der Waals surface area contributed by atoms with Crippen molar-refractivity contribution in [2.75, 3.05) is 11.4 Å². The summed E-state index contributed by atoms with van der Waals surface area (Å²) in [6, 6.07) is 18.5. The number of halogens is 6. The number of carbonyl (C=O) groups is 1. The van der Waals surface area contributed by atoms with E-state index >= 15 is 0 Å². The van der Waals surface area contributed by atoms with E-state index in [2.05, 4.69) is 0 Å². The lowest BCUT2D eigenvalue weighted by Gasteiger charge is -2.34. The molecule has 10 heteroatoms. The SMILES string of the molecule is CCc1ccc(O[C@H]2CCc3cc(C(O)(C(F)(F)F)C(F)(F)F)ccc3N(C(=O)[C@@H](C)c3ccccc3)C2)cc1. The lowest BCUT2D eigenvalue weighted by Crippen LogP contribution is -2.54. The normalized spacial score (nSPS) is 17.1. The maximum Gasteiger partial charge on any atom is 0.430 e. The molecule has 1 aliphatic heterocycles. The van der Waals surface area contributed by atoms with E-state index in [-0.39, 0.29) is 36.5 Å². The third-order valence-corrected chi connectivity index (χ3v) is 7.30. The molecular formula is C30H29F6NO3. The molecule has 40 heavy (non-hydrogen) atoms. The number of ether oxygens (including phenoxy) is 1. The van der Waals surface area contributed by atoms with E-state index in [9.17, 15) is 36.2 Å². The van der Waals surface area contributed by atoms with Crippen molar-refractivity contribution in [2.45, 2.75) is 63.1 Å². The molecule has 0 aliphatic carbocycles. The molecule has 214 valence electrons. The predicted molar refractivity (Wildman–Crippen MR) is 138 cm³/mol. The number of aliphatic hydroxyl groups is 1. The van der Waals surface area contributed by atoms with Gasteiger partial charge in [0, 0.05) is 11.3 Å². The molecule has 0 unspecified atom stereocenters. The molecule has 1 heterocycles. The van der Waals surface area contributed by atoms with Crippen molar-refractivity contribution in [2.24, 2.45) is 0 Å². The third-order valence-electron chi connectivity index (χ3n) is 7.30. The maximum atomic E-state index is 13.8. The lowest BCUT2D eigenvalue weighted by atomic mass is 9.89. The predicted octanol–water partition coefficient (Wildman–Crippen LogP) is 7.09. The zero-order valence-electron chi connectivity index (χ0n) is 21.9. The van der Waals surface area contributed by atoms with Crippen molar-refractivity contribution in [1.29, 1.82) is 0 Å². The van der Waals surface area contributed by atoms with Gasteiger partial charge in [0.05, 0.1) is 12.5 Å². The number of amides is 1. The van der Waals surface area contributed by atoms with Gasteiger partial charge in [0.25, 0.3) is 5.60 Å². The average Bonchev–Trinajstić information content (AvgIpc) is 3.10. The monoisotopic (exact) mass is 565 g/mol. The summed E-state index contributed by atoms with van der Waals surface area (Å²) in [6.45, 7) is 3.71. The second-order valence-corrected chi connectivity index (χ2v) is 9.91. The van der Waals surface area contributed by atoms with Gasteiger partial charge in [-0.25, -0.2) is 0 Å². The molecule has 0 saturated carbocycles. The topological polar surface area (TPSA) is 49.8 Å². The van der Waals surface area contributed by atoms with Crippen LogP contribution in [0.15, 0.2) is 72.8 Å². The number of carbonyl (C=O) groups excluding carboxylic acids is 1. The van der Waals surface area contributed by atoms with Crippen LogP contribution in [0.3, 0.4) is 0 Å². The molecule has 0 saturated heterocycles. The Morgan fingerprint density at radius 3 is 2.17 bits per heavy atom. The summed E-state index contributed by atoms with van der Waals surface area (Å²) in [5.41, 5.74) is -4.38. The zero-order chi connectivity index (χ0) is 29.3. The Hall–Kier alpha value is -3.53. The minimum Gasteiger partial charge on any atom is -0.489 e.